The largest absolute Gasteiger partial charge is 0.497 e. The summed E-state index contributed by atoms with van der Waals surface area (Å²) in [6.45, 7) is 2.17. The maximum absolute atomic E-state index is 10.9. The fourth-order valence-electron chi connectivity index (χ4n) is 2.47. The van der Waals surface area contributed by atoms with Gasteiger partial charge in [-0.05, 0) is 42.9 Å². The van der Waals surface area contributed by atoms with Gasteiger partial charge in [-0.2, -0.15) is 0 Å². The van der Waals surface area contributed by atoms with E-state index in [9.17, 15) is 5.11 Å². The number of benzene rings is 1. The Kier molecular flexibility index (Phi) is 3.72. The quantitative estimate of drug-likeness (QED) is 0.816. The molecule has 0 saturated heterocycles. The van der Waals surface area contributed by atoms with Gasteiger partial charge in [0, 0.05) is 0 Å². The molecule has 0 amide bonds. The second kappa shape index (κ2) is 5.09. The molecule has 0 bridgehead atoms. The Morgan fingerprint density at radius 1 is 1.29 bits per heavy atom. The van der Waals surface area contributed by atoms with Crippen LogP contribution in [0.15, 0.2) is 24.3 Å². The predicted molar refractivity (Wildman–Crippen MR) is 69.1 cm³/mol. The van der Waals surface area contributed by atoms with Crippen molar-refractivity contribution in [3.8, 4) is 5.75 Å². The number of unbranched alkanes of at least 4 members (excludes halogenated alkanes) is 1. The van der Waals surface area contributed by atoms with Crippen molar-refractivity contribution in [2.75, 3.05) is 7.11 Å². The van der Waals surface area contributed by atoms with E-state index in [0.717, 1.165) is 43.4 Å². The highest BCUT2D eigenvalue weighted by Gasteiger charge is 2.44. The molecule has 0 aromatic heterocycles. The van der Waals surface area contributed by atoms with Gasteiger partial charge >= 0.3 is 0 Å². The summed E-state index contributed by atoms with van der Waals surface area (Å²) in [5.41, 5.74) is 0.441. The van der Waals surface area contributed by atoms with Crippen LogP contribution in [0.1, 0.15) is 44.6 Å². The van der Waals surface area contributed by atoms with Crippen molar-refractivity contribution < 1.29 is 9.84 Å². The highest BCUT2D eigenvalue weighted by atomic mass is 16.5. The van der Waals surface area contributed by atoms with Gasteiger partial charge in [-0.3, -0.25) is 0 Å². The molecule has 2 heteroatoms. The summed E-state index contributed by atoms with van der Waals surface area (Å²) in [5, 5.41) is 10.9. The first kappa shape index (κ1) is 12.4. The number of methoxy groups -OCH3 is 1. The van der Waals surface area contributed by atoms with E-state index in [2.05, 4.69) is 6.92 Å². The van der Waals surface area contributed by atoms with Crippen LogP contribution >= 0.6 is 0 Å². The summed E-state index contributed by atoms with van der Waals surface area (Å²) in [4.78, 5) is 0. The van der Waals surface area contributed by atoms with Crippen LogP contribution in [0, 0.1) is 5.92 Å². The minimum Gasteiger partial charge on any atom is -0.497 e. The van der Waals surface area contributed by atoms with E-state index in [4.69, 9.17) is 4.74 Å². The Labute approximate surface area is 104 Å². The van der Waals surface area contributed by atoms with E-state index in [0.29, 0.717) is 5.92 Å². The minimum absolute atomic E-state index is 0.461. The molecule has 1 saturated carbocycles. The van der Waals surface area contributed by atoms with Crippen molar-refractivity contribution >= 4 is 0 Å². The van der Waals surface area contributed by atoms with Gasteiger partial charge in [-0.25, -0.2) is 0 Å². The molecule has 1 aromatic carbocycles. The lowest BCUT2D eigenvalue weighted by atomic mass is 9.84. The molecule has 94 valence electrons. The molecule has 0 spiro atoms. The number of hydrogen-bond donors (Lipinski definition) is 1. The number of hydrogen-bond acceptors (Lipinski definition) is 2. The maximum atomic E-state index is 10.9. The Hall–Kier alpha value is -1.02. The number of rotatable bonds is 6. The van der Waals surface area contributed by atoms with Gasteiger partial charge in [0.2, 0.25) is 0 Å². The van der Waals surface area contributed by atoms with Gasteiger partial charge in [0.05, 0.1) is 12.7 Å². The monoisotopic (exact) mass is 234 g/mol. The summed E-state index contributed by atoms with van der Waals surface area (Å²) in [5.74, 6) is 1.31. The van der Waals surface area contributed by atoms with E-state index in [1.165, 1.54) is 0 Å². The summed E-state index contributed by atoms with van der Waals surface area (Å²) >= 11 is 0. The second-order valence-electron chi connectivity index (χ2n) is 5.03. The highest BCUT2D eigenvalue weighted by molar-refractivity contribution is 5.32. The average Bonchev–Trinajstić information content (AvgIpc) is 3.20. The molecule has 0 radical (unpaired) electrons. The van der Waals surface area contributed by atoms with Gasteiger partial charge in [0.25, 0.3) is 0 Å². The third-order valence-corrected chi connectivity index (χ3v) is 3.75. The van der Waals surface area contributed by atoms with Gasteiger partial charge in [-0.1, -0.05) is 31.9 Å². The van der Waals surface area contributed by atoms with Crippen molar-refractivity contribution in [2.45, 2.75) is 44.6 Å². The first-order chi connectivity index (χ1) is 8.20. The van der Waals surface area contributed by atoms with Crippen molar-refractivity contribution in [1.82, 2.24) is 0 Å². The van der Waals surface area contributed by atoms with E-state index < -0.39 is 5.60 Å². The Morgan fingerprint density at radius 3 is 2.41 bits per heavy atom. The summed E-state index contributed by atoms with van der Waals surface area (Å²) < 4.78 is 5.16. The molecule has 0 heterocycles. The summed E-state index contributed by atoms with van der Waals surface area (Å²) in [7, 11) is 1.67. The third kappa shape index (κ3) is 2.63. The normalized spacial score (nSPS) is 18.8. The minimum atomic E-state index is -0.609. The predicted octanol–water partition coefficient (Wildman–Crippen LogP) is 3.48. The van der Waals surface area contributed by atoms with Gasteiger partial charge < -0.3 is 9.84 Å². The molecule has 1 aliphatic carbocycles. The van der Waals surface area contributed by atoms with E-state index in [-0.39, 0.29) is 0 Å². The topological polar surface area (TPSA) is 29.5 Å². The Bertz CT molecular complexity index is 354. The SMILES string of the molecule is CCCCC(O)(c1ccc(OC)cc1)C1CC1. The van der Waals surface area contributed by atoms with Crippen LogP contribution in [-0.4, -0.2) is 12.2 Å². The molecule has 1 aliphatic rings. The lowest BCUT2D eigenvalue weighted by Crippen LogP contribution is -2.28. The third-order valence-electron chi connectivity index (χ3n) is 3.75. The van der Waals surface area contributed by atoms with Crippen molar-refractivity contribution in [3.63, 3.8) is 0 Å². The molecule has 0 aliphatic heterocycles. The fourth-order valence-corrected chi connectivity index (χ4v) is 2.47. The molecule has 2 nitrogen and oxygen atoms in total. The molecular weight excluding hydrogens is 212 g/mol. The van der Waals surface area contributed by atoms with Gasteiger partial charge in [0.1, 0.15) is 5.75 Å². The van der Waals surface area contributed by atoms with Crippen LogP contribution in [0.25, 0.3) is 0 Å². The van der Waals surface area contributed by atoms with Gasteiger partial charge in [0.15, 0.2) is 0 Å². The van der Waals surface area contributed by atoms with Crippen LogP contribution in [0.5, 0.6) is 5.75 Å². The zero-order valence-corrected chi connectivity index (χ0v) is 10.8. The molecule has 1 unspecified atom stereocenters. The van der Waals surface area contributed by atoms with Gasteiger partial charge in [-0.15, -0.1) is 0 Å². The Balaban J connectivity index is 2.18. The number of aliphatic hydroxyl groups is 1. The van der Waals surface area contributed by atoms with Crippen LogP contribution in [0.3, 0.4) is 0 Å². The zero-order valence-electron chi connectivity index (χ0n) is 10.8. The van der Waals surface area contributed by atoms with Crippen LogP contribution in [-0.2, 0) is 5.60 Å². The molecular formula is C15H22O2. The lowest BCUT2D eigenvalue weighted by molar-refractivity contribution is 0.00199. The van der Waals surface area contributed by atoms with Crippen molar-refractivity contribution in [1.29, 1.82) is 0 Å². The van der Waals surface area contributed by atoms with Crippen molar-refractivity contribution in [2.24, 2.45) is 5.92 Å². The first-order valence-electron chi connectivity index (χ1n) is 6.57. The van der Waals surface area contributed by atoms with Crippen LogP contribution in [0.4, 0.5) is 0 Å². The molecule has 1 fully saturated rings. The molecule has 1 aromatic rings. The highest BCUT2D eigenvalue weighted by Crippen LogP contribution is 2.48. The summed E-state index contributed by atoms with van der Waals surface area (Å²) in [6.07, 6.45) is 5.41. The maximum Gasteiger partial charge on any atom is 0.118 e. The molecule has 2 rings (SSSR count). The standard InChI is InChI=1S/C15H22O2/c1-3-4-11-15(16,12-5-6-12)13-7-9-14(17-2)10-8-13/h7-10,12,16H,3-6,11H2,1-2H3. The lowest BCUT2D eigenvalue weighted by Gasteiger charge is -2.29. The average molecular weight is 234 g/mol. The van der Waals surface area contributed by atoms with E-state index in [1.807, 2.05) is 24.3 Å². The second-order valence-corrected chi connectivity index (χ2v) is 5.03. The van der Waals surface area contributed by atoms with E-state index >= 15 is 0 Å². The van der Waals surface area contributed by atoms with E-state index in [1.54, 1.807) is 7.11 Å². The molecule has 1 atom stereocenters. The smallest absolute Gasteiger partial charge is 0.118 e. The first-order valence-corrected chi connectivity index (χ1v) is 6.57. The summed E-state index contributed by atoms with van der Waals surface area (Å²) in [6, 6.07) is 7.89. The number of ether oxygens (including phenoxy) is 1. The zero-order chi connectivity index (χ0) is 12.3. The molecule has 17 heavy (non-hydrogen) atoms. The Morgan fingerprint density at radius 2 is 1.94 bits per heavy atom. The van der Waals surface area contributed by atoms with Crippen LogP contribution < -0.4 is 4.74 Å². The fraction of sp³-hybridized carbons (Fsp3) is 0.600. The molecule has 1 N–H and O–H groups in total. The van der Waals surface area contributed by atoms with Crippen molar-refractivity contribution in [3.05, 3.63) is 29.8 Å². The van der Waals surface area contributed by atoms with Crippen LogP contribution in [0.2, 0.25) is 0 Å².